The molecule has 0 amide bonds. The van der Waals surface area contributed by atoms with E-state index in [-0.39, 0.29) is 12.3 Å². The Balaban J connectivity index is 2.08. The van der Waals surface area contributed by atoms with Crippen LogP contribution in [0.15, 0.2) is 23.2 Å². The number of methoxy groups -OCH3 is 1. The number of guanidine groups is 1. The van der Waals surface area contributed by atoms with Crippen LogP contribution in [0.25, 0.3) is 0 Å². The predicted molar refractivity (Wildman–Crippen MR) is 85.2 cm³/mol. The Kier molecular flexibility index (Phi) is 6.43. The maximum absolute atomic E-state index is 12.5. The maximum Gasteiger partial charge on any atom is 0.387 e. The van der Waals surface area contributed by atoms with E-state index >= 15 is 0 Å². The number of hydrogen-bond acceptors (Lipinski definition) is 3. The third-order valence-corrected chi connectivity index (χ3v) is 3.49. The van der Waals surface area contributed by atoms with Gasteiger partial charge in [-0.05, 0) is 43.9 Å². The van der Waals surface area contributed by atoms with Gasteiger partial charge in [0, 0.05) is 18.7 Å². The maximum atomic E-state index is 12.5. The van der Waals surface area contributed by atoms with E-state index in [1.165, 1.54) is 26.0 Å². The molecule has 0 radical (unpaired) electrons. The largest absolute Gasteiger partial charge is 0.497 e. The number of aliphatic imine (C=N–C) groups is 1. The Morgan fingerprint density at radius 1 is 1.35 bits per heavy atom. The molecule has 0 atom stereocenters. The Hall–Kier alpha value is -2.05. The predicted octanol–water partition coefficient (Wildman–Crippen LogP) is 2.76. The second-order valence-corrected chi connectivity index (χ2v) is 5.37. The lowest BCUT2D eigenvalue weighted by molar-refractivity contribution is -0.0504. The highest BCUT2D eigenvalue weighted by Crippen LogP contribution is 2.28. The summed E-state index contributed by atoms with van der Waals surface area (Å²) in [6, 6.07) is 4.72. The molecule has 0 aromatic heterocycles. The van der Waals surface area contributed by atoms with Crippen LogP contribution in [-0.2, 0) is 6.54 Å². The number of alkyl halides is 2. The fourth-order valence-electron chi connectivity index (χ4n) is 2.09. The molecule has 7 heteroatoms. The second kappa shape index (κ2) is 8.55. The molecule has 0 bridgehead atoms. The van der Waals surface area contributed by atoms with Gasteiger partial charge in [-0.1, -0.05) is 0 Å². The molecule has 0 saturated heterocycles. The summed E-state index contributed by atoms with van der Waals surface area (Å²) >= 11 is 0. The second-order valence-electron chi connectivity index (χ2n) is 5.37. The molecule has 23 heavy (non-hydrogen) atoms. The van der Waals surface area contributed by atoms with E-state index < -0.39 is 6.61 Å². The molecule has 2 rings (SSSR count). The Bertz CT molecular complexity index is 534. The molecule has 1 aliphatic rings. The number of benzene rings is 1. The summed E-state index contributed by atoms with van der Waals surface area (Å²) in [5.74, 6) is 2.08. The number of nitrogens with one attached hydrogen (secondary N) is 2. The molecule has 2 N–H and O–H groups in total. The van der Waals surface area contributed by atoms with Gasteiger partial charge in [0.1, 0.15) is 11.5 Å². The van der Waals surface area contributed by atoms with Crippen LogP contribution >= 0.6 is 0 Å². The SMILES string of the molecule is CCNC(=NCc1cc(OC)ccc1OC(F)F)NCC1CC1. The van der Waals surface area contributed by atoms with Crippen molar-refractivity contribution in [2.75, 3.05) is 20.2 Å². The van der Waals surface area contributed by atoms with Gasteiger partial charge in [0.05, 0.1) is 13.7 Å². The van der Waals surface area contributed by atoms with Crippen LogP contribution in [-0.4, -0.2) is 32.8 Å². The number of ether oxygens (including phenoxy) is 2. The summed E-state index contributed by atoms with van der Waals surface area (Å²) in [6.07, 6.45) is 2.49. The lowest BCUT2D eigenvalue weighted by atomic mass is 10.2. The molecule has 0 heterocycles. The van der Waals surface area contributed by atoms with Gasteiger partial charge in [-0.3, -0.25) is 0 Å². The topological polar surface area (TPSA) is 54.9 Å². The quantitative estimate of drug-likeness (QED) is 0.569. The van der Waals surface area contributed by atoms with Crippen molar-refractivity contribution < 1.29 is 18.3 Å². The standard InChI is InChI=1S/C16H23F2N3O2/c1-3-19-16(20-9-11-4-5-11)21-10-12-8-13(22-2)6-7-14(12)23-15(17)18/h6-8,11,15H,3-5,9-10H2,1-2H3,(H2,19,20,21). The molecule has 0 spiro atoms. The molecular weight excluding hydrogens is 304 g/mol. The van der Waals surface area contributed by atoms with Gasteiger partial charge in [0.15, 0.2) is 5.96 Å². The third kappa shape index (κ3) is 5.92. The molecule has 0 aliphatic heterocycles. The molecule has 1 aliphatic carbocycles. The summed E-state index contributed by atoms with van der Waals surface area (Å²) in [5.41, 5.74) is 0.549. The smallest absolute Gasteiger partial charge is 0.387 e. The summed E-state index contributed by atoms with van der Waals surface area (Å²) in [5, 5.41) is 6.40. The van der Waals surface area contributed by atoms with E-state index in [1.54, 1.807) is 12.1 Å². The van der Waals surface area contributed by atoms with Crippen LogP contribution in [0.4, 0.5) is 8.78 Å². The first kappa shape index (κ1) is 17.3. The molecule has 1 aromatic carbocycles. The minimum absolute atomic E-state index is 0.114. The minimum Gasteiger partial charge on any atom is -0.497 e. The van der Waals surface area contributed by atoms with Crippen molar-refractivity contribution in [2.45, 2.75) is 32.9 Å². The van der Waals surface area contributed by atoms with Gasteiger partial charge < -0.3 is 20.1 Å². The molecular formula is C16H23F2N3O2. The van der Waals surface area contributed by atoms with Crippen LogP contribution in [0.5, 0.6) is 11.5 Å². The molecule has 5 nitrogen and oxygen atoms in total. The third-order valence-electron chi connectivity index (χ3n) is 3.49. The normalized spacial score (nSPS) is 14.7. The highest BCUT2D eigenvalue weighted by molar-refractivity contribution is 5.79. The average Bonchev–Trinajstić information content (AvgIpc) is 3.35. The molecule has 128 valence electrons. The fourth-order valence-corrected chi connectivity index (χ4v) is 2.09. The van der Waals surface area contributed by atoms with Gasteiger partial charge >= 0.3 is 6.61 Å². The molecule has 1 fully saturated rings. The summed E-state index contributed by atoms with van der Waals surface area (Å²) in [4.78, 5) is 4.44. The fraction of sp³-hybridized carbons (Fsp3) is 0.562. The lowest BCUT2D eigenvalue weighted by Crippen LogP contribution is -2.38. The minimum atomic E-state index is -2.87. The molecule has 1 saturated carbocycles. The van der Waals surface area contributed by atoms with E-state index in [9.17, 15) is 8.78 Å². The van der Waals surface area contributed by atoms with E-state index in [0.717, 1.165) is 13.1 Å². The molecule has 0 unspecified atom stereocenters. The van der Waals surface area contributed by atoms with Crippen LogP contribution in [0.2, 0.25) is 0 Å². The van der Waals surface area contributed by atoms with Crippen LogP contribution in [0.3, 0.4) is 0 Å². The Morgan fingerprint density at radius 2 is 2.13 bits per heavy atom. The van der Waals surface area contributed by atoms with Gasteiger partial charge in [-0.25, -0.2) is 4.99 Å². The zero-order valence-corrected chi connectivity index (χ0v) is 13.4. The van der Waals surface area contributed by atoms with Gasteiger partial charge in [0.2, 0.25) is 0 Å². The summed E-state index contributed by atoms with van der Waals surface area (Å²) in [7, 11) is 1.53. The summed E-state index contributed by atoms with van der Waals surface area (Å²) < 4.78 is 34.7. The van der Waals surface area contributed by atoms with Gasteiger partial charge in [0.25, 0.3) is 0 Å². The first-order chi connectivity index (χ1) is 11.1. The first-order valence-corrected chi connectivity index (χ1v) is 7.76. The lowest BCUT2D eigenvalue weighted by Gasteiger charge is -2.13. The Morgan fingerprint density at radius 3 is 2.74 bits per heavy atom. The van der Waals surface area contributed by atoms with E-state index in [2.05, 4.69) is 20.4 Å². The van der Waals surface area contributed by atoms with Crippen molar-refractivity contribution in [2.24, 2.45) is 10.9 Å². The van der Waals surface area contributed by atoms with Crippen molar-refractivity contribution >= 4 is 5.96 Å². The van der Waals surface area contributed by atoms with Crippen molar-refractivity contribution in [3.8, 4) is 11.5 Å². The average molecular weight is 327 g/mol. The summed E-state index contributed by atoms with van der Waals surface area (Å²) in [6.45, 7) is 0.941. The van der Waals surface area contributed by atoms with Crippen molar-refractivity contribution in [1.29, 1.82) is 0 Å². The monoisotopic (exact) mass is 327 g/mol. The highest BCUT2D eigenvalue weighted by Gasteiger charge is 2.21. The first-order valence-electron chi connectivity index (χ1n) is 7.76. The Labute approximate surface area is 135 Å². The van der Waals surface area contributed by atoms with Crippen LogP contribution in [0, 0.1) is 5.92 Å². The number of halogens is 2. The van der Waals surface area contributed by atoms with Gasteiger partial charge in [-0.15, -0.1) is 0 Å². The zero-order chi connectivity index (χ0) is 16.7. The molecule has 1 aromatic rings. The van der Waals surface area contributed by atoms with Crippen molar-refractivity contribution in [3.63, 3.8) is 0 Å². The van der Waals surface area contributed by atoms with E-state index in [0.29, 0.717) is 23.2 Å². The number of nitrogens with zero attached hydrogens (tertiary/aromatic N) is 1. The van der Waals surface area contributed by atoms with E-state index in [1.807, 2.05) is 6.92 Å². The van der Waals surface area contributed by atoms with Crippen molar-refractivity contribution in [3.05, 3.63) is 23.8 Å². The van der Waals surface area contributed by atoms with Gasteiger partial charge in [-0.2, -0.15) is 8.78 Å². The highest BCUT2D eigenvalue weighted by atomic mass is 19.3. The number of rotatable bonds is 8. The van der Waals surface area contributed by atoms with Crippen molar-refractivity contribution in [1.82, 2.24) is 10.6 Å². The van der Waals surface area contributed by atoms with Crippen LogP contribution < -0.4 is 20.1 Å². The number of hydrogen-bond donors (Lipinski definition) is 2. The van der Waals surface area contributed by atoms with E-state index in [4.69, 9.17) is 4.74 Å². The zero-order valence-electron chi connectivity index (χ0n) is 13.4. The van der Waals surface area contributed by atoms with Crippen LogP contribution in [0.1, 0.15) is 25.3 Å².